The van der Waals surface area contributed by atoms with Gasteiger partial charge in [0.1, 0.15) is 11.2 Å². The molecule has 204 valence electrons. The number of nitrogens with zero attached hydrogens (tertiary/aromatic N) is 1. The van der Waals surface area contributed by atoms with Gasteiger partial charge in [-0.05, 0) is 80.9 Å². The Bertz CT molecular complexity index is 2610. The van der Waals surface area contributed by atoms with Crippen molar-refractivity contribution < 1.29 is 4.42 Å². The molecule has 0 amide bonds. The predicted octanol–water partition coefficient (Wildman–Crippen LogP) is 11.7. The first-order valence-corrected chi connectivity index (χ1v) is 15.1. The summed E-state index contributed by atoms with van der Waals surface area (Å²) in [6.07, 6.45) is 0. The molecule has 2 aromatic heterocycles. The number of hydrogen-bond donors (Lipinski definition) is 0. The molecule has 0 aliphatic heterocycles. The van der Waals surface area contributed by atoms with Crippen LogP contribution in [0.25, 0.3) is 93.9 Å². The molecule has 1 aliphatic carbocycles. The standard InChI is InChI=1S/C42H25NO/c1-2-12-28-27(11-1)29-13-3-4-15-31(29)33-22-21-26(25-37(33)32-16-6-5-14-30(28)32)43-38-19-9-7-17-34(38)35-23-24-40-41(42(35)43)36-18-8-10-20-39(36)44-40/h1-25H. The first-order chi connectivity index (χ1) is 21.8. The van der Waals surface area contributed by atoms with Gasteiger partial charge in [-0.25, -0.2) is 0 Å². The second kappa shape index (κ2) is 8.82. The van der Waals surface area contributed by atoms with Crippen molar-refractivity contribution in [2.45, 2.75) is 0 Å². The van der Waals surface area contributed by atoms with Crippen LogP contribution in [0.5, 0.6) is 0 Å². The first-order valence-electron chi connectivity index (χ1n) is 15.1. The van der Waals surface area contributed by atoms with Crippen LogP contribution < -0.4 is 0 Å². The summed E-state index contributed by atoms with van der Waals surface area (Å²) in [6, 6.07) is 54.9. The minimum atomic E-state index is 0.907. The van der Waals surface area contributed by atoms with Gasteiger partial charge in [-0.1, -0.05) is 115 Å². The number of fused-ring (bicyclic) bond motifs is 15. The monoisotopic (exact) mass is 559 g/mol. The lowest BCUT2D eigenvalue weighted by Gasteiger charge is -2.24. The smallest absolute Gasteiger partial charge is 0.137 e. The molecule has 44 heavy (non-hydrogen) atoms. The highest BCUT2D eigenvalue weighted by Crippen LogP contribution is 2.49. The Morgan fingerprint density at radius 2 is 0.886 bits per heavy atom. The van der Waals surface area contributed by atoms with Gasteiger partial charge >= 0.3 is 0 Å². The van der Waals surface area contributed by atoms with Crippen LogP contribution in [0.3, 0.4) is 0 Å². The Morgan fingerprint density at radius 3 is 1.55 bits per heavy atom. The van der Waals surface area contributed by atoms with E-state index in [1.54, 1.807) is 0 Å². The van der Waals surface area contributed by atoms with Crippen molar-refractivity contribution in [1.82, 2.24) is 4.57 Å². The average molecular weight is 560 g/mol. The van der Waals surface area contributed by atoms with Gasteiger partial charge in [0, 0.05) is 21.8 Å². The molecule has 0 spiro atoms. The van der Waals surface area contributed by atoms with Crippen molar-refractivity contribution in [2.24, 2.45) is 0 Å². The van der Waals surface area contributed by atoms with E-state index in [2.05, 4.69) is 150 Å². The van der Waals surface area contributed by atoms with Crippen molar-refractivity contribution in [3.8, 4) is 50.2 Å². The highest BCUT2D eigenvalue weighted by atomic mass is 16.3. The quantitative estimate of drug-likeness (QED) is 0.196. The van der Waals surface area contributed by atoms with Crippen LogP contribution in [0.4, 0.5) is 0 Å². The van der Waals surface area contributed by atoms with E-state index in [4.69, 9.17) is 4.42 Å². The first kappa shape index (κ1) is 23.7. The number of para-hydroxylation sites is 2. The summed E-state index contributed by atoms with van der Waals surface area (Å²) in [6.45, 7) is 0. The number of furan rings is 1. The van der Waals surface area contributed by atoms with E-state index in [-0.39, 0.29) is 0 Å². The topological polar surface area (TPSA) is 18.1 Å². The lowest BCUT2D eigenvalue weighted by Crippen LogP contribution is -2.00. The van der Waals surface area contributed by atoms with Crippen LogP contribution in [-0.2, 0) is 0 Å². The fourth-order valence-corrected chi connectivity index (χ4v) is 7.52. The molecule has 9 aromatic rings. The lowest BCUT2D eigenvalue weighted by atomic mass is 9.81. The molecule has 0 N–H and O–H groups in total. The van der Waals surface area contributed by atoms with E-state index in [0.717, 1.165) is 27.6 Å². The molecule has 0 fully saturated rings. The van der Waals surface area contributed by atoms with Crippen molar-refractivity contribution >= 4 is 43.7 Å². The van der Waals surface area contributed by atoms with Gasteiger partial charge < -0.3 is 8.98 Å². The summed E-state index contributed by atoms with van der Waals surface area (Å²) in [5.74, 6) is 0. The summed E-state index contributed by atoms with van der Waals surface area (Å²) in [7, 11) is 0. The van der Waals surface area contributed by atoms with Crippen molar-refractivity contribution in [3.63, 3.8) is 0 Å². The van der Waals surface area contributed by atoms with Crippen molar-refractivity contribution in [3.05, 3.63) is 152 Å². The molecular weight excluding hydrogens is 534 g/mol. The van der Waals surface area contributed by atoms with E-state index < -0.39 is 0 Å². The maximum Gasteiger partial charge on any atom is 0.137 e. The van der Waals surface area contributed by atoms with Crippen molar-refractivity contribution in [2.75, 3.05) is 0 Å². The molecule has 2 heteroatoms. The summed E-state index contributed by atoms with van der Waals surface area (Å²) in [5.41, 5.74) is 15.3. The molecule has 0 atom stereocenters. The van der Waals surface area contributed by atoms with E-state index in [9.17, 15) is 0 Å². The molecule has 10 rings (SSSR count). The summed E-state index contributed by atoms with van der Waals surface area (Å²) < 4.78 is 8.81. The normalized spacial score (nSPS) is 12.1. The summed E-state index contributed by atoms with van der Waals surface area (Å²) in [5, 5.41) is 4.76. The third-order valence-corrected chi connectivity index (χ3v) is 9.38. The van der Waals surface area contributed by atoms with Gasteiger partial charge in [0.2, 0.25) is 0 Å². The second-order valence-corrected chi connectivity index (χ2v) is 11.7. The fraction of sp³-hybridized carbons (Fsp3) is 0. The van der Waals surface area contributed by atoms with Crippen LogP contribution in [0.1, 0.15) is 0 Å². The van der Waals surface area contributed by atoms with Crippen LogP contribution >= 0.6 is 0 Å². The maximum atomic E-state index is 6.37. The molecule has 0 radical (unpaired) electrons. The number of hydrogen-bond acceptors (Lipinski definition) is 1. The van der Waals surface area contributed by atoms with Gasteiger partial charge in [0.25, 0.3) is 0 Å². The Kier molecular flexibility index (Phi) is 4.75. The zero-order valence-electron chi connectivity index (χ0n) is 23.8. The van der Waals surface area contributed by atoms with Gasteiger partial charge in [0.15, 0.2) is 0 Å². The van der Waals surface area contributed by atoms with Gasteiger partial charge in [-0.2, -0.15) is 0 Å². The number of benzene rings is 7. The molecule has 7 aromatic carbocycles. The maximum absolute atomic E-state index is 6.37. The van der Waals surface area contributed by atoms with Crippen LogP contribution in [0, 0.1) is 0 Å². The van der Waals surface area contributed by atoms with Gasteiger partial charge in [0.05, 0.1) is 16.4 Å². The highest BCUT2D eigenvalue weighted by Gasteiger charge is 2.24. The van der Waals surface area contributed by atoms with Crippen LogP contribution in [0.2, 0.25) is 0 Å². The molecule has 0 unspecified atom stereocenters. The zero-order chi connectivity index (χ0) is 28.8. The van der Waals surface area contributed by atoms with Crippen LogP contribution in [-0.4, -0.2) is 4.57 Å². The summed E-state index contributed by atoms with van der Waals surface area (Å²) >= 11 is 0. The minimum absolute atomic E-state index is 0.907. The van der Waals surface area contributed by atoms with Crippen molar-refractivity contribution in [1.29, 1.82) is 0 Å². The lowest BCUT2D eigenvalue weighted by molar-refractivity contribution is 0.669. The highest BCUT2D eigenvalue weighted by molar-refractivity contribution is 6.24. The van der Waals surface area contributed by atoms with E-state index in [0.29, 0.717) is 0 Å². The average Bonchev–Trinajstić information content (AvgIpc) is 3.63. The predicted molar refractivity (Wildman–Crippen MR) is 183 cm³/mol. The minimum Gasteiger partial charge on any atom is -0.456 e. The Hall–Kier alpha value is -5.86. The Labute approximate surface area is 254 Å². The fourth-order valence-electron chi connectivity index (χ4n) is 7.52. The van der Waals surface area contributed by atoms with E-state index in [1.807, 2.05) is 6.07 Å². The van der Waals surface area contributed by atoms with Gasteiger partial charge in [-0.15, -0.1) is 0 Å². The molecule has 1 aliphatic rings. The molecular formula is C42H25NO. The Morgan fingerprint density at radius 1 is 0.364 bits per heavy atom. The summed E-state index contributed by atoms with van der Waals surface area (Å²) in [4.78, 5) is 0. The van der Waals surface area contributed by atoms with Gasteiger partial charge in [-0.3, -0.25) is 0 Å². The SMILES string of the molecule is c1ccc2c(c1)-c1ccccc1-c1ccc(-n3c4ccccc4c4ccc5oc6ccccc6c5c43)cc1-c1ccccc1-2. The molecule has 2 heterocycles. The second-order valence-electron chi connectivity index (χ2n) is 11.7. The zero-order valence-corrected chi connectivity index (χ0v) is 23.8. The largest absolute Gasteiger partial charge is 0.456 e. The number of aromatic nitrogens is 1. The molecule has 0 bridgehead atoms. The van der Waals surface area contributed by atoms with E-state index >= 15 is 0 Å². The molecule has 2 nitrogen and oxygen atoms in total. The third kappa shape index (κ3) is 3.14. The van der Waals surface area contributed by atoms with Crippen LogP contribution in [0.15, 0.2) is 156 Å². The third-order valence-electron chi connectivity index (χ3n) is 9.38. The number of rotatable bonds is 1. The molecule has 0 saturated heterocycles. The molecule has 0 saturated carbocycles. The van der Waals surface area contributed by atoms with E-state index in [1.165, 1.54) is 66.3 Å². The Balaban J connectivity index is 1.36.